The monoisotopic (exact) mass is 293 g/mol. The quantitative estimate of drug-likeness (QED) is 0.597. The molecule has 0 heterocycles. The maximum atomic E-state index is 12.3. The second-order valence-electron chi connectivity index (χ2n) is 5.58. The number of non-ortho nitro benzene ring substituents is 1. The molecule has 6 nitrogen and oxygen atoms in total. The standard InChI is InChI=1S/C15H23N3O3/c1-10(2)5-6-11(3)17-15(19)13-9-12(18(20)21)7-8-14(13)16-4/h7-11,16H,5-6H2,1-4H3,(H,17,19). The number of rotatable bonds is 7. The average Bonchev–Trinajstić information content (AvgIpc) is 2.44. The summed E-state index contributed by atoms with van der Waals surface area (Å²) in [6, 6.07) is 4.26. The Morgan fingerprint density at radius 3 is 2.48 bits per heavy atom. The third-order valence-corrected chi connectivity index (χ3v) is 3.28. The van der Waals surface area contributed by atoms with Crippen LogP contribution in [0.4, 0.5) is 11.4 Å². The van der Waals surface area contributed by atoms with Crippen LogP contribution in [0.15, 0.2) is 18.2 Å². The summed E-state index contributed by atoms with van der Waals surface area (Å²) in [6.45, 7) is 6.21. The van der Waals surface area contributed by atoms with Gasteiger partial charge in [-0.25, -0.2) is 0 Å². The van der Waals surface area contributed by atoms with Crippen molar-refractivity contribution in [1.82, 2.24) is 5.32 Å². The molecule has 6 heteroatoms. The van der Waals surface area contributed by atoms with E-state index in [-0.39, 0.29) is 17.6 Å². The molecule has 2 N–H and O–H groups in total. The Bertz CT molecular complexity index is 515. The highest BCUT2D eigenvalue weighted by atomic mass is 16.6. The van der Waals surface area contributed by atoms with Crippen LogP contribution in [0.1, 0.15) is 44.0 Å². The molecule has 0 fully saturated rings. The first kappa shape index (κ1) is 16.9. The van der Waals surface area contributed by atoms with Gasteiger partial charge in [0.25, 0.3) is 11.6 Å². The Morgan fingerprint density at radius 2 is 1.95 bits per heavy atom. The van der Waals surface area contributed by atoms with Gasteiger partial charge in [-0.1, -0.05) is 13.8 Å². The van der Waals surface area contributed by atoms with Gasteiger partial charge >= 0.3 is 0 Å². The zero-order chi connectivity index (χ0) is 16.0. The molecule has 0 aromatic heterocycles. The topological polar surface area (TPSA) is 84.3 Å². The van der Waals surface area contributed by atoms with Crippen LogP contribution < -0.4 is 10.6 Å². The maximum absolute atomic E-state index is 12.3. The molecule has 0 bridgehead atoms. The number of nitrogens with zero attached hydrogens (tertiary/aromatic N) is 1. The summed E-state index contributed by atoms with van der Waals surface area (Å²) < 4.78 is 0. The molecule has 0 aliphatic heterocycles. The van der Waals surface area contributed by atoms with Crippen molar-refractivity contribution in [3.63, 3.8) is 0 Å². The Balaban J connectivity index is 2.85. The van der Waals surface area contributed by atoms with Gasteiger partial charge in [0.2, 0.25) is 0 Å². The van der Waals surface area contributed by atoms with E-state index >= 15 is 0 Å². The molecule has 1 aromatic rings. The highest BCUT2D eigenvalue weighted by molar-refractivity contribution is 6.00. The second kappa shape index (κ2) is 7.61. The highest BCUT2D eigenvalue weighted by Crippen LogP contribution is 2.22. The molecule has 1 unspecified atom stereocenters. The molecular formula is C15H23N3O3. The lowest BCUT2D eigenvalue weighted by molar-refractivity contribution is -0.384. The first-order valence-corrected chi connectivity index (χ1v) is 7.12. The van der Waals surface area contributed by atoms with E-state index < -0.39 is 4.92 Å². The maximum Gasteiger partial charge on any atom is 0.270 e. The Morgan fingerprint density at radius 1 is 1.29 bits per heavy atom. The van der Waals surface area contributed by atoms with Crippen LogP contribution in [-0.2, 0) is 0 Å². The van der Waals surface area contributed by atoms with Crippen LogP contribution in [0, 0.1) is 16.0 Å². The van der Waals surface area contributed by atoms with Gasteiger partial charge in [-0.05, 0) is 31.7 Å². The van der Waals surface area contributed by atoms with Gasteiger partial charge < -0.3 is 10.6 Å². The average molecular weight is 293 g/mol. The fourth-order valence-corrected chi connectivity index (χ4v) is 2.01. The molecule has 116 valence electrons. The summed E-state index contributed by atoms with van der Waals surface area (Å²) in [7, 11) is 1.68. The number of amides is 1. The van der Waals surface area contributed by atoms with Crippen molar-refractivity contribution in [2.45, 2.75) is 39.7 Å². The number of nitro groups is 1. The molecule has 0 aliphatic rings. The number of benzene rings is 1. The lowest BCUT2D eigenvalue weighted by Crippen LogP contribution is -2.33. The lowest BCUT2D eigenvalue weighted by Gasteiger charge is -2.16. The van der Waals surface area contributed by atoms with E-state index in [1.54, 1.807) is 13.1 Å². The van der Waals surface area contributed by atoms with Crippen molar-refractivity contribution in [2.75, 3.05) is 12.4 Å². The molecule has 1 atom stereocenters. The van der Waals surface area contributed by atoms with E-state index in [9.17, 15) is 14.9 Å². The summed E-state index contributed by atoms with van der Waals surface area (Å²) in [6.07, 6.45) is 1.91. The zero-order valence-corrected chi connectivity index (χ0v) is 13.0. The number of anilines is 1. The largest absolute Gasteiger partial charge is 0.387 e. The van der Waals surface area contributed by atoms with E-state index in [1.807, 2.05) is 6.92 Å². The molecule has 0 radical (unpaired) electrons. The molecule has 21 heavy (non-hydrogen) atoms. The SMILES string of the molecule is CNc1ccc([N+](=O)[O-])cc1C(=O)NC(C)CCC(C)C. The second-order valence-corrected chi connectivity index (χ2v) is 5.58. The van der Waals surface area contributed by atoms with E-state index in [0.717, 1.165) is 12.8 Å². The summed E-state index contributed by atoms with van der Waals surface area (Å²) in [5.74, 6) is 0.286. The smallest absolute Gasteiger partial charge is 0.270 e. The molecule has 0 saturated carbocycles. The van der Waals surface area contributed by atoms with Crippen molar-refractivity contribution >= 4 is 17.3 Å². The number of nitrogens with one attached hydrogen (secondary N) is 2. The summed E-state index contributed by atoms with van der Waals surface area (Å²) in [4.78, 5) is 22.6. The van der Waals surface area contributed by atoms with E-state index in [0.29, 0.717) is 17.2 Å². The van der Waals surface area contributed by atoms with Crippen molar-refractivity contribution < 1.29 is 9.72 Å². The number of hydrogen-bond donors (Lipinski definition) is 2. The van der Waals surface area contributed by atoms with Crippen LogP contribution in [0.3, 0.4) is 0 Å². The van der Waals surface area contributed by atoms with Crippen LogP contribution in [0.25, 0.3) is 0 Å². The first-order valence-electron chi connectivity index (χ1n) is 7.12. The van der Waals surface area contributed by atoms with Crippen LogP contribution in [-0.4, -0.2) is 23.9 Å². The molecular weight excluding hydrogens is 270 g/mol. The minimum absolute atomic E-state index is 0.0314. The number of carbonyl (C=O) groups excluding carboxylic acids is 1. The molecule has 0 aliphatic carbocycles. The van der Waals surface area contributed by atoms with Gasteiger partial charge in [-0.3, -0.25) is 14.9 Å². The molecule has 0 saturated heterocycles. The van der Waals surface area contributed by atoms with Crippen molar-refractivity contribution in [3.05, 3.63) is 33.9 Å². The fraction of sp³-hybridized carbons (Fsp3) is 0.533. The molecule has 0 spiro atoms. The van der Waals surface area contributed by atoms with Crippen LogP contribution in [0.2, 0.25) is 0 Å². The third-order valence-electron chi connectivity index (χ3n) is 3.28. The van der Waals surface area contributed by atoms with E-state index in [4.69, 9.17) is 0 Å². The lowest BCUT2D eigenvalue weighted by atomic mass is 10.0. The fourth-order valence-electron chi connectivity index (χ4n) is 2.01. The van der Waals surface area contributed by atoms with Gasteiger partial charge in [0.1, 0.15) is 0 Å². The number of carbonyl (C=O) groups is 1. The molecule has 1 amide bonds. The van der Waals surface area contributed by atoms with E-state index in [2.05, 4.69) is 24.5 Å². The van der Waals surface area contributed by atoms with Crippen LogP contribution >= 0.6 is 0 Å². The van der Waals surface area contributed by atoms with Gasteiger partial charge in [-0.15, -0.1) is 0 Å². The van der Waals surface area contributed by atoms with Crippen molar-refractivity contribution in [1.29, 1.82) is 0 Å². The van der Waals surface area contributed by atoms with Crippen molar-refractivity contribution in [3.8, 4) is 0 Å². The van der Waals surface area contributed by atoms with Crippen LogP contribution in [0.5, 0.6) is 0 Å². The van der Waals surface area contributed by atoms with Gasteiger partial charge in [0.05, 0.1) is 10.5 Å². The minimum atomic E-state index is -0.502. The highest BCUT2D eigenvalue weighted by Gasteiger charge is 2.17. The predicted molar refractivity (Wildman–Crippen MR) is 83.6 cm³/mol. The molecule has 1 rings (SSSR count). The van der Waals surface area contributed by atoms with E-state index in [1.165, 1.54) is 12.1 Å². The summed E-state index contributed by atoms with van der Waals surface area (Å²) in [5.41, 5.74) is 0.784. The first-order chi connectivity index (χ1) is 9.85. The number of nitro benzene ring substituents is 1. The number of hydrogen-bond acceptors (Lipinski definition) is 4. The predicted octanol–water partition coefficient (Wildman–Crippen LogP) is 3.19. The zero-order valence-electron chi connectivity index (χ0n) is 13.0. The Labute approximate surface area is 125 Å². The minimum Gasteiger partial charge on any atom is -0.387 e. The Hall–Kier alpha value is -2.11. The normalized spacial score (nSPS) is 12.0. The molecule has 1 aromatic carbocycles. The summed E-state index contributed by atoms with van der Waals surface area (Å²) in [5, 5.41) is 16.6. The van der Waals surface area contributed by atoms with Crippen molar-refractivity contribution in [2.24, 2.45) is 5.92 Å². The van der Waals surface area contributed by atoms with Gasteiger partial charge in [0.15, 0.2) is 0 Å². The Kier molecular flexibility index (Phi) is 6.14. The van der Waals surface area contributed by atoms with Gasteiger partial charge in [0, 0.05) is 30.9 Å². The van der Waals surface area contributed by atoms with Gasteiger partial charge in [-0.2, -0.15) is 0 Å². The summed E-state index contributed by atoms with van der Waals surface area (Å²) >= 11 is 0. The third kappa shape index (κ3) is 5.06.